The van der Waals surface area contributed by atoms with Crippen molar-refractivity contribution in [3.05, 3.63) is 29.8 Å². The maximum absolute atomic E-state index is 11.5. The first-order valence-corrected chi connectivity index (χ1v) is 6.94. The number of nitrogens with one attached hydrogen (secondary N) is 2. The first-order chi connectivity index (χ1) is 8.19. The van der Waals surface area contributed by atoms with Crippen molar-refractivity contribution in [3.63, 3.8) is 0 Å². The molecule has 1 aromatic carbocycles. The minimum Gasteiger partial charge on any atom is -0.381 e. The van der Waals surface area contributed by atoms with E-state index in [-0.39, 0.29) is 5.91 Å². The zero-order valence-corrected chi connectivity index (χ0v) is 11.0. The highest BCUT2D eigenvalue weighted by atomic mass is 32.2. The number of carbonyl (C=O) groups is 1. The third kappa shape index (κ3) is 3.16. The van der Waals surface area contributed by atoms with E-state index in [4.69, 9.17) is 0 Å². The second kappa shape index (κ2) is 5.45. The zero-order chi connectivity index (χ0) is 12.3. The summed E-state index contributed by atoms with van der Waals surface area (Å²) >= 11 is 2.00. The highest BCUT2D eigenvalue weighted by Gasteiger charge is 2.21. The van der Waals surface area contributed by atoms with Crippen molar-refractivity contribution in [2.75, 3.05) is 18.1 Å². The summed E-state index contributed by atoms with van der Waals surface area (Å²) in [6, 6.07) is 8.19. The van der Waals surface area contributed by atoms with Crippen LogP contribution in [0.3, 0.4) is 0 Å². The van der Waals surface area contributed by atoms with Crippen LogP contribution in [0.2, 0.25) is 0 Å². The number of hydrogen-bond acceptors (Lipinski definition) is 3. The van der Waals surface area contributed by atoms with Gasteiger partial charge in [0.2, 0.25) is 0 Å². The SMILES string of the molecule is CNC(=O)c1cccc(NC2CSC(C)C2)c1. The molecule has 1 fully saturated rings. The van der Waals surface area contributed by atoms with Gasteiger partial charge in [-0.3, -0.25) is 4.79 Å². The van der Waals surface area contributed by atoms with E-state index in [1.807, 2.05) is 36.0 Å². The molecule has 0 radical (unpaired) electrons. The molecule has 1 aliphatic heterocycles. The van der Waals surface area contributed by atoms with E-state index in [0.717, 1.165) is 16.7 Å². The highest BCUT2D eigenvalue weighted by Crippen LogP contribution is 2.28. The van der Waals surface area contributed by atoms with Crippen molar-refractivity contribution in [1.29, 1.82) is 0 Å². The Morgan fingerprint density at radius 1 is 1.47 bits per heavy atom. The predicted molar refractivity (Wildman–Crippen MR) is 73.8 cm³/mol. The summed E-state index contributed by atoms with van der Waals surface area (Å²) < 4.78 is 0. The molecule has 0 aromatic heterocycles. The maximum Gasteiger partial charge on any atom is 0.251 e. The minimum absolute atomic E-state index is 0.0391. The van der Waals surface area contributed by atoms with Crippen LogP contribution in [-0.2, 0) is 0 Å². The summed E-state index contributed by atoms with van der Waals surface area (Å²) in [6.07, 6.45) is 1.19. The van der Waals surface area contributed by atoms with Crippen molar-refractivity contribution in [2.24, 2.45) is 0 Å². The molecule has 92 valence electrons. The van der Waals surface area contributed by atoms with E-state index in [0.29, 0.717) is 11.6 Å². The summed E-state index contributed by atoms with van der Waals surface area (Å²) in [6.45, 7) is 2.26. The van der Waals surface area contributed by atoms with Crippen LogP contribution >= 0.6 is 11.8 Å². The average Bonchev–Trinajstić information content (AvgIpc) is 2.74. The van der Waals surface area contributed by atoms with E-state index in [1.165, 1.54) is 6.42 Å². The lowest BCUT2D eigenvalue weighted by Gasteiger charge is -2.13. The van der Waals surface area contributed by atoms with Gasteiger partial charge in [0.1, 0.15) is 0 Å². The van der Waals surface area contributed by atoms with Gasteiger partial charge < -0.3 is 10.6 Å². The van der Waals surface area contributed by atoms with Crippen molar-refractivity contribution in [2.45, 2.75) is 24.6 Å². The normalized spacial score (nSPS) is 23.4. The van der Waals surface area contributed by atoms with Gasteiger partial charge in [0.25, 0.3) is 5.91 Å². The monoisotopic (exact) mass is 250 g/mol. The number of rotatable bonds is 3. The van der Waals surface area contributed by atoms with E-state index >= 15 is 0 Å². The lowest BCUT2D eigenvalue weighted by atomic mass is 10.1. The van der Waals surface area contributed by atoms with Gasteiger partial charge in [0.05, 0.1) is 0 Å². The Hall–Kier alpha value is -1.16. The van der Waals surface area contributed by atoms with Gasteiger partial charge in [-0.05, 0) is 24.6 Å². The fourth-order valence-corrected chi connectivity index (χ4v) is 3.20. The summed E-state index contributed by atoms with van der Waals surface area (Å²) in [5, 5.41) is 6.86. The molecular weight excluding hydrogens is 232 g/mol. The molecule has 1 aliphatic rings. The molecule has 4 heteroatoms. The molecule has 2 unspecified atom stereocenters. The van der Waals surface area contributed by atoms with Gasteiger partial charge in [-0.2, -0.15) is 11.8 Å². The number of hydrogen-bond donors (Lipinski definition) is 2. The summed E-state index contributed by atoms with van der Waals surface area (Å²) in [5.74, 6) is 1.11. The fourth-order valence-electron chi connectivity index (χ4n) is 2.05. The molecule has 0 bridgehead atoms. The van der Waals surface area contributed by atoms with Crippen LogP contribution in [0, 0.1) is 0 Å². The molecule has 1 amide bonds. The smallest absolute Gasteiger partial charge is 0.251 e. The molecule has 3 nitrogen and oxygen atoms in total. The average molecular weight is 250 g/mol. The topological polar surface area (TPSA) is 41.1 Å². The molecule has 1 saturated heterocycles. The van der Waals surface area contributed by atoms with Crippen LogP contribution in [0.1, 0.15) is 23.7 Å². The number of thioether (sulfide) groups is 1. The molecule has 2 N–H and O–H groups in total. The Kier molecular flexibility index (Phi) is 3.94. The zero-order valence-electron chi connectivity index (χ0n) is 10.2. The third-order valence-corrected chi connectivity index (χ3v) is 4.28. The molecule has 0 spiro atoms. The minimum atomic E-state index is -0.0391. The van der Waals surface area contributed by atoms with Crippen molar-refractivity contribution >= 4 is 23.4 Å². The van der Waals surface area contributed by atoms with Gasteiger partial charge in [-0.15, -0.1) is 0 Å². The Morgan fingerprint density at radius 3 is 2.94 bits per heavy atom. The largest absolute Gasteiger partial charge is 0.381 e. The Balaban J connectivity index is 2.03. The maximum atomic E-state index is 11.5. The van der Waals surface area contributed by atoms with Crippen molar-refractivity contribution < 1.29 is 4.79 Å². The molecule has 0 saturated carbocycles. The first-order valence-electron chi connectivity index (χ1n) is 5.89. The lowest BCUT2D eigenvalue weighted by molar-refractivity contribution is 0.0963. The van der Waals surface area contributed by atoms with E-state index in [2.05, 4.69) is 17.6 Å². The Bertz CT molecular complexity index is 408. The van der Waals surface area contributed by atoms with Gasteiger partial charge in [0.15, 0.2) is 0 Å². The van der Waals surface area contributed by atoms with E-state index < -0.39 is 0 Å². The first kappa shape index (κ1) is 12.3. The van der Waals surface area contributed by atoms with Crippen LogP contribution in [0.5, 0.6) is 0 Å². The van der Waals surface area contributed by atoms with Gasteiger partial charge in [-0.25, -0.2) is 0 Å². The number of anilines is 1. The van der Waals surface area contributed by atoms with Crippen molar-refractivity contribution in [1.82, 2.24) is 5.32 Å². The highest BCUT2D eigenvalue weighted by molar-refractivity contribution is 8.00. The van der Waals surface area contributed by atoms with E-state index in [9.17, 15) is 4.79 Å². The van der Waals surface area contributed by atoms with Gasteiger partial charge in [-0.1, -0.05) is 13.0 Å². The molecule has 0 aliphatic carbocycles. The second-order valence-corrected chi connectivity index (χ2v) is 5.85. The van der Waals surface area contributed by atoms with Crippen LogP contribution in [0.4, 0.5) is 5.69 Å². The van der Waals surface area contributed by atoms with Crippen LogP contribution in [0.15, 0.2) is 24.3 Å². The van der Waals surface area contributed by atoms with Gasteiger partial charge in [0, 0.05) is 35.3 Å². The van der Waals surface area contributed by atoms with Gasteiger partial charge >= 0.3 is 0 Å². The summed E-state index contributed by atoms with van der Waals surface area (Å²) in [5.41, 5.74) is 1.74. The molecular formula is C13H18N2OS. The quantitative estimate of drug-likeness (QED) is 0.865. The van der Waals surface area contributed by atoms with Crippen LogP contribution in [0.25, 0.3) is 0 Å². The number of benzene rings is 1. The Labute approximate surface area is 106 Å². The molecule has 2 atom stereocenters. The van der Waals surface area contributed by atoms with Crippen LogP contribution < -0.4 is 10.6 Å². The Morgan fingerprint density at radius 2 is 2.29 bits per heavy atom. The van der Waals surface area contributed by atoms with Crippen molar-refractivity contribution in [3.8, 4) is 0 Å². The third-order valence-electron chi connectivity index (χ3n) is 2.92. The summed E-state index contributed by atoms with van der Waals surface area (Å²) in [4.78, 5) is 11.5. The molecule has 2 rings (SSSR count). The predicted octanol–water partition coefficient (Wildman–Crippen LogP) is 2.35. The summed E-state index contributed by atoms with van der Waals surface area (Å²) in [7, 11) is 1.65. The second-order valence-electron chi connectivity index (χ2n) is 4.38. The van der Waals surface area contributed by atoms with Crippen LogP contribution in [-0.4, -0.2) is 30.0 Å². The fraction of sp³-hybridized carbons (Fsp3) is 0.462. The molecule has 1 aromatic rings. The number of amides is 1. The molecule has 17 heavy (non-hydrogen) atoms. The van der Waals surface area contributed by atoms with E-state index in [1.54, 1.807) is 7.05 Å². The number of carbonyl (C=O) groups excluding carboxylic acids is 1. The molecule has 1 heterocycles. The lowest BCUT2D eigenvalue weighted by Crippen LogP contribution is -2.20. The standard InChI is InChI=1S/C13H18N2OS/c1-9-6-12(8-17-9)15-11-5-3-4-10(7-11)13(16)14-2/h3-5,7,9,12,15H,6,8H2,1-2H3,(H,14,16).